The highest BCUT2D eigenvalue weighted by molar-refractivity contribution is 8.15. The van der Waals surface area contributed by atoms with Gasteiger partial charge >= 0.3 is 0 Å². The Hall–Kier alpha value is -2.97. The topological polar surface area (TPSA) is 91.7 Å². The molecule has 3 aromatic rings. The maximum atomic E-state index is 11.7. The summed E-state index contributed by atoms with van der Waals surface area (Å²) in [7, 11) is 0. The second-order valence-corrected chi connectivity index (χ2v) is 8.15. The fraction of sp³-hybridized carbons (Fsp3) is 0.100. The summed E-state index contributed by atoms with van der Waals surface area (Å²) >= 11 is 2.50. The quantitative estimate of drug-likeness (QED) is 0.618. The summed E-state index contributed by atoms with van der Waals surface area (Å²) in [5.74, 6) is -0.248. The second-order valence-electron chi connectivity index (χ2n) is 6.11. The fourth-order valence-electron chi connectivity index (χ4n) is 2.74. The molecule has 1 aromatic heterocycles. The van der Waals surface area contributed by atoms with Gasteiger partial charge in [-0.05, 0) is 24.1 Å². The summed E-state index contributed by atoms with van der Waals surface area (Å²) in [4.78, 5) is 31.9. The van der Waals surface area contributed by atoms with E-state index in [1.54, 1.807) is 18.3 Å². The third-order valence-corrected chi connectivity index (χ3v) is 6.00. The molecule has 1 aliphatic heterocycles. The summed E-state index contributed by atoms with van der Waals surface area (Å²) in [6, 6.07) is 14.9. The maximum Gasteiger partial charge on any atom is 0.286 e. The predicted octanol–water partition coefficient (Wildman–Crippen LogP) is 4.16. The molecule has 0 spiro atoms. The minimum atomic E-state index is -0.458. The summed E-state index contributed by atoms with van der Waals surface area (Å²) in [5, 5.41) is 14.4. The van der Waals surface area contributed by atoms with E-state index >= 15 is 0 Å². The number of thioether (sulfide) groups is 1. The summed E-state index contributed by atoms with van der Waals surface area (Å²) in [5.41, 5.74) is 2.95. The predicted molar refractivity (Wildman–Crippen MR) is 112 cm³/mol. The number of hydrogen-bond donors (Lipinski definition) is 2. The van der Waals surface area contributed by atoms with E-state index in [-0.39, 0.29) is 16.9 Å². The molecule has 8 heteroatoms. The van der Waals surface area contributed by atoms with E-state index < -0.39 is 5.25 Å². The molecule has 1 aliphatic rings. The van der Waals surface area contributed by atoms with Crippen LogP contribution in [0.2, 0.25) is 0 Å². The Morgan fingerprint density at radius 3 is 2.75 bits per heavy atom. The van der Waals surface area contributed by atoms with Crippen LogP contribution in [0.15, 0.2) is 58.9 Å². The van der Waals surface area contributed by atoms with Gasteiger partial charge in [0, 0.05) is 10.9 Å². The highest BCUT2D eigenvalue weighted by Crippen LogP contribution is 2.30. The Labute approximate surface area is 169 Å². The number of nitrogens with one attached hydrogen (secondary N) is 1. The lowest BCUT2D eigenvalue weighted by atomic mass is 10.1. The van der Waals surface area contributed by atoms with E-state index in [9.17, 15) is 14.7 Å². The SMILES string of the molecule is O=C1NC(=O)C(Cc2ccc(O)c(N=Cc3csc(-c4ccccc4)n3)c2)S1. The molecule has 0 aliphatic carbocycles. The fourth-order valence-corrected chi connectivity index (χ4v) is 4.37. The first-order valence-corrected chi connectivity index (χ1v) is 10.2. The van der Waals surface area contributed by atoms with Gasteiger partial charge in [-0.2, -0.15) is 0 Å². The maximum absolute atomic E-state index is 11.7. The Kier molecular flexibility index (Phi) is 5.23. The standard InChI is InChI=1S/C20H15N3O3S2/c24-16-7-6-12(9-17-18(25)23-20(26)28-17)8-15(16)21-10-14-11-27-19(22-14)13-4-2-1-3-5-13/h1-8,10-11,17,24H,9H2,(H,23,25,26). The van der Waals surface area contributed by atoms with Gasteiger partial charge in [-0.1, -0.05) is 48.2 Å². The Morgan fingerprint density at radius 1 is 1.18 bits per heavy atom. The van der Waals surface area contributed by atoms with Crippen LogP contribution in [-0.4, -0.2) is 32.7 Å². The van der Waals surface area contributed by atoms with Crippen LogP contribution in [-0.2, 0) is 11.2 Å². The summed E-state index contributed by atoms with van der Waals surface area (Å²) < 4.78 is 0. The van der Waals surface area contributed by atoms with Crippen molar-refractivity contribution in [1.82, 2.24) is 10.3 Å². The van der Waals surface area contributed by atoms with Gasteiger partial charge in [0.1, 0.15) is 16.4 Å². The van der Waals surface area contributed by atoms with Crippen molar-refractivity contribution in [3.05, 3.63) is 65.2 Å². The number of benzene rings is 2. The molecule has 0 saturated carbocycles. The third kappa shape index (κ3) is 4.13. The van der Waals surface area contributed by atoms with Crippen molar-refractivity contribution in [1.29, 1.82) is 0 Å². The van der Waals surface area contributed by atoms with Gasteiger partial charge in [-0.3, -0.25) is 19.9 Å². The molecule has 2 N–H and O–H groups in total. The van der Waals surface area contributed by atoms with Crippen LogP contribution in [0, 0.1) is 0 Å². The van der Waals surface area contributed by atoms with Gasteiger partial charge in [-0.15, -0.1) is 11.3 Å². The van der Waals surface area contributed by atoms with Crippen molar-refractivity contribution < 1.29 is 14.7 Å². The van der Waals surface area contributed by atoms with Crippen molar-refractivity contribution in [2.24, 2.45) is 4.99 Å². The zero-order valence-electron chi connectivity index (χ0n) is 14.5. The van der Waals surface area contributed by atoms with E-state index in [0.29, 0.717) is 17.8 Å². The molecular weight excluding hydrogens is 394 g/mol. The molecular formula is C20H15N3O3S2. The molecule has 0 bridgehead atoms. The van der Waals surface area contributed by atoms with Crippen LogP contribution in [0.5, 0.6) is 5.75 Å². The first-order chi connectivity index (χ1) is 13.6. The zero-order chi connectivity index (χ0) is 19.5. The first kappa shape index (κ1) is 18.4. The van der Waals surface area contributed by atoms with Crippen LogP contribution < -0.4 is 5.32 Å². The summed E-state index contributed by atoms with van der Waals surface area (Å²) in [6.07, 6.45) is 1.99. The number of rotatable bonds is 5. The van der Waals surface area contributed by atoms with E-state index in [2.05, 4.69) is 15.3 Å². The number of thiazole rings is 1. The Bertz CT molecular complexity index is 1060. The normalized spacial score (nSPS) is 16.6. The van der Waals surface area contributed by atoms with Gasteiger partial charge in [0.05, 0.1) is 17.2 Å². The number of amides is 2. The van der Waals surface area contributed by atoms with Gasteiger partial charge in [0.25, 0.3) is 5.24 Å². The smallest absolute Gasteiger partial charge is 0.286 e. The van der Waals surface area contributed by atoms with Crippen LogP contribution >= 0.6 is 23.1 Å². The van der Waals surface area contributed by atoms with Crippen molar-refractivity contribution in [2.45, 2.75) is 11.7 Å². The van der Waals surface area contributed by atoms with Crippen LogP contribution in [0.1, 0.15) is 11.3 Å². The minimum absolute atomic E-state index is 0.0399. The van der Waals surface area contributed by atoms with Crippen LogP contribution in [0.25, 0.3) is 10.6 Å². The van der Waals surface area contributed by atoms with Gasteiger partial charge in [-0.25, -0.2) is 4.98 Å². The number of imide groups is 1. The van der Waals surface area contributed by atoms with Crippen molar-refractivity contribution in [3.63, 3.8) is 0 Å². The Morgan fingerprint density at radius 2 is 2.00 bits per heavy atom. The highest BCUT2D eigenvalue weighted by Gasteiger charge is 2.31. The monoisotopic (exact) mass is 409 g/mol. The molecule has 1 atom stereocenters. The first-order valence-electron chi connectivity index (χ1n) is 8.47. The average molecular weight is 409 g/mol. The lowest BCUT2D eigenvalue weighted by Crippen LogP contribution is -2.25. The lowest BCUT2D eigenvalue weighted by molar-refractivity contribution is -0.118. The van der Waals surface area contributed by atoms with Crippen molar-refractivity contribution >= 4 is 46.1 Å². The number of carbonyl (C=O) groups is 2. The summed E-state index contributed by atoms with van der Waals surface area (Å²) in [6.45, 7) is 0. The number of aliphatic imine (C=N–C) groups is 1. The molecule has 140 valence electrons. The number of carbonyl (C=O) groups excluding carboxylic acids is 2. The molecule has 2 amide bonds. The third-order valence-electron chi connectivity index (χ3n) is 4.11. The molecule has 4 rings (SSSR count). The molecule has 6 nitrogen and oxygen atoms in total. The second kappa shape index (κ2) is 7.95. The minimum Gasteiger partial charge on any atom is -0.506 e. The van der Waals surface area contributed by atoms with E-state index in [1.165, 1.54) is 17.4 Å². The number of phenolic OH excluding ortho intramolecular Hbond substituents is 1. The zero-order valence-corrected chi connectivity index (χ0v) is 16.2. The molecule has 28 heavy (non-hydrogen) atoms. The molecule has 0 radical (unpaired) electrons. The Balaban J connectivity index is 1.51. The van der Waals surface area contributed by atoms with Crippen LogP contribution in [0.4, 0.5) is 10.5 Å². The number of aromatic hydroxyl groups is 1. The van der Waals surface area contributed by atoms with Gasteiger partial charge in [0.2, 0.25) is 5.91 Å². The van der Waals surface area contributed by atoms with Gasteiger partial charge in [0.15, 0.2) is 0 Å². The number of phenols is 1. The van der Waals surface area contributed by atoms with E-state index in [4.69, 9.17) is 0 Å². The van der Waals surface area contributed by atoms with Crippen molar-refractivity contribution in [3.8, 4) is 16.3 Å². The molecule has 1 saturated heterocycles. The number of aromatic nitrogens is 1. The number of hydrogen-bond acceptors (Lipinski definition) is 7. The molecule has 1 fully saturated rings. The molecule has 2 aromatic carbocycles. The van der Waals surface area contributed by atoms with E-state index in [1.807, 2.05) is 35.7 Å². The molecule has 1 unspecified atom stereocenters. The molecule has 2 heterocycles. The van der Waals surface area contributed by atoms with Crippen molar-refractivity contribution in [2.75, 3.05) is 0 Å². The highest BCUT2D eigenvalue weighted by atomic mass is 32.2. The largest absolute Gasteiger partial charge is 0.506 e. The lowest BCUT2D eigenvalue weighted by Gasteiger charge is -2.07. The van der Waals surface area contributed by atoms with E-state index in [0.717, 1.165) is 27.9 Å². The average Bonchev–Trinajstić information content (AvgIpc) is 3.29. The van der Waals surface area contributed by atoms with Gasteiger partial charge < -0.3 is 5.11 Å². The van der Waals surface area contributed by atoms with Crippen LogP contribution in [0.3, 0.4) is 0 Å². The number of nitrogens with zero attached hydrogens (tertiary/aromatic N) is 2.